The van der Waals surface area contributed by atoms with E-state index < -0.39 is 12.0 Å². The van der Waals surface area contributed by atoms with Gasteiger partial charge in [0.15, 0.2) is 16.8 Å². The molecule has 3 N–H and O–H groups in total. The second-order valence-corrected chi connectivity index (χ2v) is 7.70. The Bertz CT molecular complexity index is 1040. The summed E-state index contributed by atoms with van der Waals surface area (Å²) in [6, 6.07) is 3.92. The molecule has 2 unspecified atom stereocenters. The molecule has 2 atom stereocenters. The molecular formula is C17H15F2N5O3S. The minimum absolute atomic E-state index is 0.0934. The van der Waals surface area contributed by atoms with Gasteiger partial charge in [0.05, 0.1) is 5.56 Å². The SMILES string of the molecule is NC(=O)C(F)(F)Oc1ccc(-c2nccs2)c2oc(N3CC4CC(C3)N4)nc12. The molecule has 3 fully saturated rings. The molecule has 8 nitrogen and oxygen atoms in total. The smallest absolute Gasteiger partial charge is 0.423 e. The molecular weight excluding hydrogens is 392 g/mol. The molecule has 1 amide bonds. The molecule has 2 bridgehead atoms. The van der Waals surface area contributed by atoms with E-state index in [1.54, 1.807) is 17.6 Å². The maximum atomic E-state index is 13.8. The van der Waals surface area contributed by atoms with E-state index in [-0.39, 0.29) is 16.8 Å². The second-order valence-electron chi connectivity index (χ2n) is 6.81. The zero-order valence-corrected chi connectivity index (χ0v) is 15.2. The number of thiazole rings is 1. The molecule has 3 aromatic rings. The van der Waals surface area contributed by atoms with Crippen molar-refractivity contribution in [1.82, 2.24) is 15.3 Å². The van der Waals surface area contributed by atoms with Crippen LogP contribution >= 0.6 is 11.3 Å². The van der Waals surface area contributed by atoms with E-state index in [0.29, 0.717) is 41.8 Å². The average Bonchev–Trinajstić information content (AvgIpc) is 3.31. The number of anilines is 1. The molecule has 2 aromatic heterocycles. The van der Waals surface area contributed by atoms with Crippen LogP contribution in [-0.4, -0.2) is 47.2 Å². The molecule has 0 radical (unpaired) electrons. The Kier molecular flexibility index (Phi) is 3.78. The fourth-order valence-corrected chi connectivity index (χ4v) is 4.23. The van der Waals surface area contributed by atoms with Gasteiger partial charge in [-0.05, 0) is 18.6 Å². The molecule has 5 heterocycles. The predicted molar refractivity (Wildman–Crippen MR) is 97.4 cm³/mol. The number of amides is 1. The van der Waals surface area contributed by atoms with Crippen LogP contribution in [0.15, 0.2) is 28.1 Å². The number of ether oxygens (including phenoxy) is 1. The largest absolute Gasteiger partial charge is 0.482 e. The monoisotopic (exact) mass is 407 g/mol. The third-order valence-electron chi connectivity index (χ3n) is 4.88. The first kappa shape index (κ1) is 17.3. The van der Waals surface area contributed by atoms with Crippen LogP contribution < -0.4 is 20.7 Å². The summed E-state index contributed by atoms with van der Waals surface area (Å²) in [5.74, 6) is -2.16. The van der Waals surface area contributed by atoms with Crippen molar-refractivity contribution in [2.45, 2.75) is 24.6 Å². The molecule has 3 aliphatic rings. The molecule has 3 saturated heterocycles. The Labute approximate surface area is 161 Å². The lowest BCUT2D eigenvalue weighted by Gasteiger charge is -2.47. The lowest BCUT2D eigenvalue weighted by molar-refractivity contribution is -0.189. The number of nitrogens with zero attached hydrogens (tertiary/aromatic N) is 3. The van der Waals surface area contributed by atoms with E-state index in [9.17, 15) is 13.6 Å². The summed E-state index contributed by atoms with van der Waals surface area (Å²) in [5, 5.41) is 5.86. The maximum absolute atomic E-state index is 13.8. The summed E-state index contributed by atoms with van der Waals surface area (Å²) in [6.07, 6.45) is -1.43. The van der Waals surface area contributed by atoms with Gasteiger partial charge in [0.1, 0.15) is 5.01 Å². The number of hydrogen-bond acceptors (Lipinski definition) is 8. The standard InChI is InChI=1S/C17H15F2N5O3S/c18-17(19,15(20)25)27-11-2-1-10(14-21-3-4-28-14)13-12(11)23-16(26-13)24-6-8-5-9(7-24)22-8/h1-4,8-9,22H,5-7H2,(H2,20,25). The summed E-state index contributed by atoms with van der Waals surface area (Å²) in [6.45, 7) is 1.42. The van der Waals surface area contributed by atoms with Crippen LogP contribution in [0.25, 0.3) is 21.7 Å². The number of carbonyl (C=O) groups excluding carboxylic acids is 1. The Hall–Kier alpha value is -2.79. The fraction of sp³-hybridized carbons (Fsp3) is 0.353. The quantitative estimate of drug-likeness (QED) is 0.666. The van der Waals surface area contributed by atoms with E-state index in [1.165, 1.54) is 17.4 Å². The van der Waals surface area contributed by atoms with Gasteiger partial charge in [0.2, 0.25) is 0 Å². The molecule has 3 aliphatic heterocycles. The van der Waals surface area contributed by atoms with E-state index in [0.717, 1.165) is 6.42 Å². The van der Waals surface area contributed by atoms with Crippen LogP contribution in [0.1, 0.15) is 6.42 Å². The highest BCUT2D eigenvalue weighted by molar-refractivity contribution is 7.13. The molecule has 11 heteroatoms. The van der Waals surface area contributed by atoms with E-state index in [2.05, 4.69) is 20.0 Å². The van der Waals surface area contributed by atoms with Crippen molar-refractivity contribution in [3.63, 3.8) is 0 Å². The first-order chi connectivity index (χ1) is 13.4. The first-order valence-electron chi connectivity index (χ1n) is 8.62. The second kappa shape index (κ2) is 6.11. The first-order valence-corrected chi connectivity index (χ1v) is 9.50. The minimum Gasteiger partial charge on any atom is -0.423 e. The van der Waals surface area contributed by atoms with Crippen molar-refractivity contribution < 1.29 is 22.7 Å². The van der Waals surface area contributed by atoms with Crippen molar-refractivity contribution >= 4 is 34.4 Å². The summed E-state index contributed by atoms with van der Waals surface area (Å²) < 4.78 is 38.1. The molecule has 6 rings (SSSR count). The Morgan fingerprint density at radius 2 is 2.14 bits per heavy atom. The number of benzene rings is 1. The van der Waals surface area contributed by atoms with Gasteiger partial charge in [-0.25, -0.2) is 4.98 Å². The van der Waals surface area contributed by atoms with Crippen molar-refractivity contribution in [2.24, 2.45) is 5.73 Å². The van der Waals surface area contributed by atoms with Crippen LogP contribution in [-0.2, 0) is 4.79 Å². The van der Waals surface area contributed by atoms with E-state index >= 15 is 0 Å². The van der Waals surface area contributed by atoms with Crippen LogP contribution in [0.5, 0.6) is 5.75 Å². The number of rotatable bonds is 5. The number of hydrogen-bond donors (Lipinski definition) is 2. The normalized spacial score (nSPS) is 21.6. The number of carbonyl (C=O) groups is 1. The zero-order chi connectivity index (χ0) is 19.5. The number of primary amides is 1. The van der Waals surface area contributed by atoms with Gasteiger partial charge in [-0.3, -0.25) is 4.79 Å². The summed E-state index contributed by atoms with van der Waals surface area (Å²) in [4.78, 5) is 21.6. The van der Waals surface area contributed by atoms with E-state index in [4.69, 9.17) is 10.2 Å². The summed E-state index contributed by atoms with van der Waals surface area (Å²) >= 11 is 1.38. The number of aromatic nitrogens is 2. The van der Waals surface area contributed by atoms with Gasteiger partial charge in [-0.2, -0.15) is 13.8 Å². The average molecular weight is 407 g/mol. The van der Waals surface area contributed by atoms with E-state index in [1.807, 2.05) is 4.90 Å². The Balaban J connectivity index is 1.61. The number of nitrogens with two attached hydrogens (primary N) is 1. The van der Waals surface area contributed by atoms with Crippen LogP contribution in [0.4, 0.5) is 14.8 Å². The molecule has 0 aliphatic carbocycles. The molecule has 146 valence electrons. The number of piperidine rings is 1. The lowest BCUT2D eigenvalue weighted by atomic mass is 9.92. The highest BCUT2D eigenvalue weighted by Gasteiger charge is 2.41. The lowest BCUT2D eigenvalue weighted by Crippen LogP contribution is -2.67. The molecule has 0 spiro atoms. The van der Waals surface area contributed by atoms with Gasteiger partial charge in [-0.1, -0.05) is 0 Å². The number of alkyl halides is 2. The maximum Gasteiger partial charge on any atom is 0.482 e. The van der Waals surface area contributed by atoms with Crippen molar-refractivity contribution in [3.05, 3.63) is 23.7 Å². The third-order valence-corrected chi connectivity index (χ3v) is 5.68. The molecule has 28 heavy (non-hydrogen) atoms. The number of halogens is 2. The van der Waals surface area contributed by atoms with Crippen molar-refractivity contribution in [2.75, 3.05) is 18.0 Å². The van der Waals surface area contributed by atoms with Crippen LogP contribution in [0.2, 0.25) is 0 Å². The van der Waals surface area contributed by atoms with Gasteiger partial charge in [0.25, 0.3) is 6.01 Å². The van der Waals surface area contributed by atoms with Gasteiger partial charge in [-0.15, -0.1) is 11.3 Å². The highest BCUT2D eigenvalue weighted by atomic mass is 32.1. The highest BCUT2D eigenvalue weighted by Crippen LogP contribution is 2.39. The summed E-state index contributed by atoms with van der Waals surface area (Å²) in [5.41, 5.74) is 5.71. The van der Waals surface area contributed by atoms with Crippen molar-refractivity contribution in [1.29, 1.82) is 0 Å². The van der Waals surface area contributed by atoms with Gasteiger partial charge in [0, 0.05) is 36.8 Å². The molecule has 1 aromatic carbocycles. The topological polar surface area (TPSA) is 107 Å². The van der Waals surface area contributed by atoms with Gasteiger partial charge >= 0.3 is 12.0 Å². The summed E-state index contributed by atoms with van der Waals surface area (Å²) in [7, 11) is 0. The van der Waals surface area contributed by atoms with Crippen molar-refractivity contribution in [3.8, 4) is 16.3 Å². The number of fused-ring (bicyclic) bond motifs is 3. The number of oxazole rings is 1. The molecule has 0 saturated carbocycles. The van der Waals surface area contributed by atoms with Gasteiger partial charge < -0.3 is 25.1 Å². The van der Waals surface area contributed by atoms with Crippen LogP contribution in [0.3, 0.4) is 0 Å². The number of nitrogens with one attached hydrogen (secondary N) is 1. The van der Waals surface area contributed by atoms with Crippen LogP contribution in [0, 0.1) is 0 Å². The fourth-order valence-electron chi connectivity index (χ4n) is 3.57. The minimum atomic E-state index is -4.16. The Morgan fingerprint density at radius 1 is 1.39 bits per heavy atom. The third kappa shape index (κ3) is 2.78. The zero-order valence-electron chi connectivity index (χ0n) is 14.4. The number of piperazine rings is 1. The predicted octanol–water partition coefficient (Wildman–Crippen LogP) is 1.96. The Morgan fingerprint density at radius 3 is 2.79 bits per heavy atom.